The van der Waals surface area contributed by atoms with Crippen LogP contribution in [-0.4, -0.2) is 14.8 Å². The maximum atomic E-state index is 5.99. The van der Waals surface area contributed by atoms with Gasteiger partial charge < -0.3 is 0 Å². The Balaban J connectivity index is 2.57. The van der Waals surface area contributed by atoms with Crippen LogP contribution in [0.4, 0.5) is 0 Å². The largest absolute Gasteiger partial charge is 0.270 e. The van der Waals surface area contributed by atoms with Gasteiger partial charge in [0.15, 0.2) is 0 Å². The Morgan fingerprint density at radius 1 is 1.31 bits per heavy atom. The number of rotatable bonds is 2. The summed E-state index contributed by atoms with van der Waals surface area (Å²) in [6.07, 6.45) is 0.764. The number of nitrogens with zero attached hydrogens (tertiary/aromatic N) is 3. The summed E-state index contributed by atoms with van der Waals surface area (Å²) in [5, 5.41) is 8.85. The quantitative estimate of drug-likeness (QED) is 0.840. The SMILES string of the molecule is CCc1nnc(Cl)n1-c1ccc(Cl)c(Br)c1. The van der Waals surface area contributed by atoms with Crippen LogP contribution in [0.1, 0.15) is 12.7 Å². The molecule has 1 heterocycles. The highest BCUT2D eigenvalue weighted by atomic mass is 79.9. The van der Waals surface area contributed by atoms with Gasteiger partial charge in [-0.1, -0.05) is 18.5 Å². The fourth-order valence-electron chi connectivity index (χ4n) is 1.40. The van der Waals surface area contributed by atoms with E-state index in [0.717, 1.165) is 22.4 Å². The minimum Gasteiger partial charge on any atom is -0.270 e. The third-order valence-electron chi connectivity index (χ3n) is 2.17. The zero-order chi connectivity index (χ0) is 11.7. The Kier molecular flexibility index (Phi) is 3.52. The van der Waals surface area contributed by atoms with Crippen molar-refractivity contribution in [1.29, 1.82) is 0 Å². The second-order valence-corrected chi connectivity index (χ2v) is 4.77. The molecule has 0 radical (unpaired) electrons. The molecule has 0 unspecified atom stereocenters. The van der Waals surface area contributed by atoms with Gasteiger partial charge in [-0.05, 0) is 45.7 Å². The van der Waals surface area contributed by atoms with Crippen molar-refractivity contribution < 1.29 is 0 Å². The molecule has 3 nitrogen and oxygen atoms in total. The Morgan fingerprint density at radius 3 is 2.69 bits per heavy atom. The molecule has 2 aromatic rings. The van der Waals surface area contributed by atoms with E-state index in [0.29, 0.717) is 10.3 Å². The molecule has 0 atom stereocenters. The predicted molar refractivity (Wildman–Crippen MR) is 68.5 cm³/mol. The second-order valence-electron chi connectivity index (χ2n) is 3.17. The zero-order valence-electron chi connectivity index (χ0n) is 8.41. The van der Waals surface area contributed by atoms with Crippen molar-refractivity contribution in [2.24, 2.45) is 0 Å². The van der Waals surface area contributed by atoms with E-state index in [1.165, 1.54) is 0 Å². The van der Waals surface area contributed by atoms with Crippen LogP contribution in [0.3, 0.4) is 0 Å². The minimum atomic E-state index is 0.353. The number of benzene rings is 1. The third-order valence-corrected chi connectivity index (χ3v) is 3.63. The molecule has 1 aromatic carbocycles. The normalized spacial score (nSPS) is 10.8. The fourth-order valence-corrected chi connectivity index (χ4v) is 2.12. The number of aryl methyl sites for hydroxylation is 1. The smallest absolute Gasteiger partial charge is 0.229 e. The molecule has 0 aliphatic carbocycles. The molecule has 2 rings (SSSR count). The highest BCUT2D eigenvalue weighted by Crippen LogP contribution is 2.26. The van der Waals surface area contributed by atoms with Crippen LogP contribution in [0, 0.1) is 0 Å². The van der Waals surface area contributed by atoms with Crippen LogP contribution in [0.15, 0.2) is 22.7 Å². The molecule has 0 aliphatic heterocycles. The Hall–Kier alpha value is -0.580. The molecule has 84 valence electrons. The maximum absolute atomic E-state index is 5.99. The van der Waals surface area contributed by atoms with Gasteiger partial charge in [0.1, 0.15) is 5.82 Å². The van der Waals surface area contributed by atoms with E-state index < -0.39 is 0 Å². The molecular formula is C10H8BrCl2N3. The van der Waals surface area contributed by atoms with Crippen LogP contribution in [-0.2, 0) is 6.42 Å². The summed E-state index contributed by atoms with van der Waals surface area (Å²) in [7, 11) is 0. The summed E-state index contributed by atoms with van der Waals surface area (Å²) in [5.41, 5.74) is 0.892. The summed E-state index contributed by atoms with van der Waals surface area (Å²) in [6.45, 7) is 2.00. The van der Waals surface area contributed by atoms with E-state index in [-0.39, 0.29) is 0 Å². The van der Waals surface area contributed by atoms with Gasteiger partial charge in [-0.15, -0.1) is 10.2 Å². The Labute approximate surface area is 112 Å². The maximum Gasteiger partial charge on any atom is 0.229 e. The van der Waals surface area contributed by atoms with Crippen LogP contribution >= 0.6 is 39.1 Å². The first kappa shape index (κ1) is 11.9. The molecule has 0 aliphatic rings. The highest BCUT2D eigenvalue weighted by molar-refractivity contribution is 9.10. The first-order valence-electron chi connectivity index (χ1n) is 4.68. The molecule has 0 saturated heterocycles. The molecule has 0 amide bonds. The van der Waals surface area contributed by atoms with E-state index >= 15 is 0 Å². The molecule has 0 saturated carbocycles. The average Bonchev–Trinajstić information content (AvgIpc) is 2.64. The number of halogens is 3. The molecule has 1 aromatic heterocycles. The molecule has 0 fully saturated rings. The van der Waals surface area contributed by atoms with Crippen molar-refractivity contribution in [2.75, 3.05) is 0 Å². The molecule has 0 N–H and O–H groups in total. The van der Waals surface area contributed by atoms with Crippen molar-refractivity contribution in [3.05, 3.63) is 38.8 Å². The number of hydrogen-bond donors (Lipinski definition) is 0. The van der Waals surface area contributed by atoms with E-state index in [1.807, 2.05) is 19.1 Å². The average molecular weight is 321 g/mol. The highest BCUT2D eigenvalue weighted by Gasteiger charge is 2.11. The monoisotopic (exact) mass is 319 g/mol. The van der Waals surface area contributed by atoms with Crippen LogP contribution in [0.25, 0.3) is 5.69 Å². The lowest BCUT2D eigenvalue weighted by Crippen LogP contribution is -2.00. The first-order valence-corrected chi connectivity index (χ1v) is 6.23. The van der Waals surface area contributed by atoms with E-state index in [2.05, 4.69) is 26.1 Å². The molecule has 6 heteroatoms. The summed E-state index contributed by atoms with van der Waals surface area (Å²) < 4.78 is 2.61. The van der Waals surface area contributed by atoms with E-state index in [9.17, 15) is 0 Å². The fraction of sp³-hybridized carbons (Fsp3) is 0.200. The van der Waals surface area contributed by atoms with Crippen molar-refractivity contribution in [2.45, 2.75) is 13.3 Å². The minimum absolute atomic E-state index is 0.353. The predicted octanol–water partition coefficient (Wildman–Crippen LogP) is 3.90. The van der Waals surface area contributed by atoms with Crippen molar-refractivity contribution in [1.82, 2.24) is 14.8 Å². The second kappa shape index (κ2) is 4.73. The van der Waals surface area contributed by atoms with Gasteiger partial charge in [0.2, 0.25) is 5.28 Å². The van der Waals surface area contributed by atoms with Gasteiger partial charge in [-0.3, -0.25) is 4.57 Å². The van der Waals surface area contributed by atoms with Crippen molar-refractivity contribution in [3.63, 3.8) is 0 Å². The standard InChI is InChI=1S/C10H8BrCl2N3/c1-2-9-14-15-10(13)16(9)6-3-4-8(12)7(11)5-6/h3-5H,2H2,1H3. The summed E-state index contributed by atoms with van der Waals surface area (Å²) >= 11 is 15.3. The Bertz CT molecular complexity index is 525. The van der Waals surface area contributed by atoms with Crippen LogP contribution in [0.5, 0.6) is 0 Å². The van der Waals surface area contributed by atoms with E-state index in [4.69, 9.17) is 23.2 Å². The molecule has 16 heavy (non-hydrogen) atoms. The van der Waals surface area contributed by atoms with Gasteiger partial charge in [0.25, 0.3) is 0 Å². The van der Waals surface area contributed by atoms with Gasteiger partial charge >= 0.3 is 0 Å². The summed E-state index contributed by atoms with van der Waals surface area (Å²) in [5.74, 6) is 0.819. The number of aromatic nitrogens is 3. The van der Waals surface area contributed by atoms with Crippen LogP contribution in [0.2, 0.25) is 10.3 Å². The molecule has 0 spiro atoms. The first-order chi connectivity index (χ1) is 7.63. The summed E-state index contributed by atoms with van der Waals surface area (Å²) in [6, 6.07) is 5.56. The molecule has 0 bridgehead atoms. The van der Waals surface area contributed by atoms with Crippen molar-refractivity contribution in [3.8, 4) is 5.69 Å². The van der Waals surface area contributed by atoms with Gasteiger partial charge in [0, 0.05) is 10.9 Å². The molecular weight excluding hydrogens is 313 g/mol. The summed E-state index contributed by atoms with van der Waals surface area (Å²) in [4.78, 5) is 0. The third kappa shape index (κ3) is 2.10. The van der Waals surface area contributed by atoms with Gasteiger partial charge in [0.05, 0.1) is 10.7 Å². The van der Waals surface area contributed by atoms with Crippen LogP contribution < -0.4 is 0 Å². The van der Waals surface area contributed by atoms with Gasteiger partial charge in [-0.2, -0.15) is 0 Å². The Morgan fingerprint density at radius 2 is 2.06 bits per heavy atom. The lowest BCUT2D eigenvalue weighted by Gasteiger charge is -2.07. The van der Waals surface area contributed by atoms with E-state index in [1.54, 1.807) is 10.6 Å². The topological polar surface area (TPSA) is 30.7 Å². The lowest BCUT2D eigenvalue weighted by atomic mass is 10.3. The van der Waals surface area contributed by atoms with Gasteiger partial charge in [-0.25, -0.2) is 0 Å². The van der Waals surface area contributed by atoms with Crippen molar-refractivity contribution >= 4 is 39.1 Å². The zero-order valence-corrected chi connectivity index (χ0v) is 11.5. The number of hydrogen-bond acceptors (Lipinski definition) is 2. The lowest BCUT2D eigenvalue weighted by molar-refractivity contribution is 0.883.